The molecule has 2 nitrogen and oxygen atoms in total. The van der Waals surface area contributed by atoms with Crippen LogP contribution in [0.15, 0.2) is 0 Å². The predicted molar refractivity (Wildman–Crippen MR) is 70.8 cm³/mol. The molecule has 15 heavy (non-hydrogen) atoms. The van der Waals surface area contributed by atoms with Gasteiger partial charge in [0.15, 0.2) is 0 Å². The van der Waals surface area contributed by atoms with E-state index in [-0.39, 0.29) is 21.1 Å². The maximum atomic E-state index is 2.40. The minimum atomic E-state index is -0.0921. The fourth-order valence-electron chi connectivity index (χ4n) is 1.95. The Morgan fingerprint density at radius 1 is 0.800 bits per heavy atom. The molecule has 0 aromatic rings. The van der Waals surface area contributed by atoms with Gasteiger partial charge in [0.05, 0.1) is 0 Å². The van der Waals surface area contributed by atoms with Crippen LogP contribution in [0.1, 0.15) is 13.8 Å². The van der Waals surface area contributed by atoms with Crippen LogP contribution in [0.2, 0.25) is 8.87 Å². The molecule has 2 unspecified atom stereocenters. The Balaban J connectivity index is 3.44. The first kappa shape index (κ1) is 15.7. The van der Waals surface area contributed by atoms with Crippen molar-refractivity contribution in [2.75, 3.05) is 41.3 Å². The SMILES string of the molecule is CC([CH2][Sn][CH2]C(C)CN(C)C)CN(C)C. The topological polar surface area (TPSA) is 6.48 Å². The third-order valence-electron chi connectivity index (χ3n) is 2.34. The minimum absolute atomic E-state index is 0.0921. The van der Waals surface area contributed by atoms with Crippen LogP contribution in [-0.4, -0.2) is 72.2 Å². The van der Waals surface area contributed by atoms with Crippen molar-refractivity contribution in [2.45, 2.75) is 22.7 Å². The van der Waals surface area contributed by atoms with Gasteiger partial charge in [0, 0.05) is 0 Å². The van der Waals surface area contributed by atoms with Gasteiger partial charge in [0.2, 0.25) is 0 Å². The Morgan fingerprint density at radius 3 is 1.40 bits per heavy atom. The molecule has 0 saturated carbocycles. The van der Waals surface area contributed by atoms with Crippen molar-refractivity contribution in [1.82, 2.24) is 9.80 Å². The zero-order valence-corrected chi connectivity index (χ0v) is 14.2. The molecule has 0 saturated heterocycles. The van der Waals surface area contributed by atoms with E-state index in [0.717, 1.165) is 11.8 Å². The molecule has 0 heterocycles. The Hall–Kier alpha value is 0.719. The summed E-state index contributed by atoms with van der Waals surface area (Å²) in [4.78, 5) is 4.63. The van der Waals surface area contributed by atoms with E-state index >= 15 is 0 Å². The summed E-state index contributed by atoms with van der Waals surface area (Å²) in [6, 6.07) is 0. The van der Waals surface area contributed by atoms with E-state index in [0.29, 0.717) is 0 Å². The number of hydrogen-bond donors (Lipinski definition) is 0. The molecule has 90 valence electrons. The van der Waals surface area contributed by atoms with Gasteiger partial charge in [0.25, 0.3) is 0 Å². The Morgan fingerprint density at radius 2 is 1.13 bits per heavy atom. The van der Waals surface area contributed by atoms with Crippen LogP contribution in [0.25, 0.3) is 0 Å². The molecular formula is C12H28N2Sn. The summed E-state index contributed by atoms with van der Waals surface area (Å²) in [5.74, 6) is 1.83. The summed E-state index contributed by atoms with van der Waals surface area (Å²) in [7, 11) is 8.71. The van der Waals surface area contributed by atoms with E-state index < -0.39 is 0 Å². The van der Waals surface area contributed by atoms with Crippen LogP contribution < -0.4 is 0 Å². The molecule has 0 aromatic heterocycles. The summed E-state index contributed by atoms with van der Waals surface area (Å²) in [5.41, 5.74) is 0. The van der Waals surface area contributed by atoms with E-state index in [1.54, 1.807) is 8.87 Å². The third-order valence-corrected chi connectivity index (χ3v) is 7.97. The average molecular weight is 319 g/mol. The second kappa shape index (κ2) is 8.82. The van der Waals surface area contributed by atoms with Crippen LogP contribution in [0.3, 0.4) is 0 Å². The van der Waals surface area contributed by atoms with Gasteiger partial charge < -0.3 is 0 Å². The normalized spacial score (nSPS) is 16.0. The standard InChI is InChI=1S/2C6H14N.Sn/c2*1-6(2)5-7(3)4;/h2*6H,1,5H2,2-4H3;. The molecule has 0 aliphatic carbocycles. The Labute approximate surface area is 107 Å². The first-order valence-electron chi connectivity index (χ1n) is 5.92. The van der Waals surface area contributed by atoms with Crippen molar-refractivity contribution in [1.29, 1.82) is 0 Å². The molecule has 0 N–H and O–H groups in total. The fraction of sp³-hybridized carbons (Fsp3) is 1.00. The maximum absolute atomic E-state index is 2.40. The Kier molecular flexibility index (Phi) is 9.25. The number of nitrogens with zero attached hydrogens (tertiary/aromatic N) is 2. The zero-order valence-electron chi connectivity index (χ0n) is 11.4. The summed E-state index contributed by atoms with van der Waals surface area (Å²) in [5, 5.41) is 0. The van der Waals surface area contributed by atoms with Crippen molar-refractivity contribution in [3.63, 3.8) is 0 Å². The Bertz CT molecular complexity index is 133. The molecule has 3 heteroatoms. The fourth-order valence-corrected chi connectivity index (χ4v) is 5.98. The van der Waals surface area contributed by atoms with Crippen LogP contribution in [-0.2, 0) is 0 Å². The summed E-state index contributed by atoms with van der Waals surface area (Å²) in [6.45, 7) is 7.33. The molecule has 0 aliphatic rings. The van der Waals surface area contributed by atoms with Crippen molar-refractivity contribution in [3.05, 3.63) is 0 Å². The van der Waals surface area contributed by atoms with Crippen LogP contribution in [0.5, 0.6) is 0 Å². The summed E-state index contributed by atoms with van der Waals surface area (Å²) >= 11 is -0.0921. The second-order valence-corrected chi connectivity index (χ2v) is 9.15. The van der Waals surface area contributed by atoms with Crippen molar-refractivity contribution < 1.29 is 0 Å². The predicted octanol–water partition coefficient (Wildman–Crippen LogP) is 1.92. The van der Waals surface area contributed by atoms with Gasteiger partial charge >= 0.3 is 107 Å². The number of hydrogen-bond acceptors (Lipinski definition) is 2. The molecule has 0 spiro atoms. The van der Waals surface area contributed by atoms with Gasteiger partial charge in [0.1, 0.15) is 0 Å². The molecule has 0 bridgehead atoms. The van der Waals surface area contributed by atoms with E-state index in [2.05, 4.69) is 51.8 Å². The zero-order chi connectivity index (χ0) is 11.8. The quantitative estimate of drug-likeness (QED) is 0.631. The molecular weight excluding hydrogens is 291 g/mol. The van der Waals surface area contributed by atoms with Crippen molar-refractivity contribution in [3.8, 4) is 0 Å². The molecule has 0 aromatic carbocycles. The summed E-state index contributed by atoms with van der Waals surface area (Å²) in [6.07, 6.45) is 0. The van der Waals surface area contributed by atoms with Gasteiger partial charge in [-0.15, -0.1) is 0 Å². The van der Waals surface area contributed by atoms with Crippen LogP contribution >= 0.6 is 0 Å². The van der Waals surface area contributed by atoms with E-state index in [1.807, 2.05) is 0 Å². The average Bonchev–Trinajstić information content (AvgIpc) is 2.00. The van der Waals surface area contributed by atoms with Gasteiger partial charge in [-0.1, -0.05) is 0 Å². The van der Waals surface area contributed by atoms with Gasteiger partial charge in [-0.25, -0.2) is 0 Å². The second-order valence-electron chi connectivity index (χ2n) is 5.39. The van der Waals surface area contributed by atoms with E-state index in [1.165, 1.54) is 13.1 Å². The molecule has 0 fully saturated rings. The molecule has 0 rings (SSSR count). The van der Waals surface area contributed by atoms with Crippen molar-refractivity contribution in [2.24, 2.45) is 11.8 Å². The molecule has 2 atom stereocenters. The first-order chi connectivity index (χ1) is 6.91. The van der Waals surface area contributed by atoms with Gasteiger partial charge in [-0.2, -0.15) is 0 Å². The molecule has 0 aliphatic heterocycles. The van der Waals surface area contributed by atoms with Gasteiger partial charge in [-0.05, 0) is 0 Å². The molecule has 0 amide bonds. The number of rotatable bonds is 8. The first-order valence-corrected chi connectivity index (χ1v) is 9.95. The van der Waals surface area contributed by atoms with Crippen molar-refractivity contribution >= 4 is 21.1 Å². The summed E-state index contributed by atoms with van der Waals surface area (Å²) < 4.78 is 3.08. The van der Waals surface area contributed by atoms with Crippen LogP contribution in [0.4, 0.5) is 0 Å². The van der Waals surface area contributed by atoms with E-state index in [4.69, 9.17) is 0 Å². The monoisotopic (exact) mass is 320 g/mol. The third kappa shape index (κ3) is 11.0. The molecule has 2 radical (unpaired) electrons. The van der Waals surface area contributed by atoms with Gasteiger partial charge in [-0.3, -0.25) is 0 Å². The van der Waals surface area contributed by atoms with E-state index in [9.17, 15) is 0 Å². The van der Waals surface area contributed by atoms with Crippen LogP contribution in [0, 0.1) is 11.8 Å².